The highest BCUT2D eigenvalue weighted by atomic mass is 35.5. The molecular formula is C17H23ClN2S. The molecule has 1 aromatic carbocycles. The van der Waals surface area contributed by atoms with Crippen molar-refractivity contribution in [1.82, 2.24) is 10.3 Å². The lowest BCUT2D eigenvalue weighted by Gasteiger charge is -2.20. The van der Waals surface area contributed by atoms with Gasteiger partial charge < -0.3 is 5.32 Å². The summed E-state index contributed by atoms with van der Waals surface area (Å²) in [6, 6.07) is 7.91. The first-order valence-electron chi connectivity index (χ1n) is 7.27. The molecular weight excluding hydrogens is 300 g/mol. The van der Waals surface area contributed by atoms with Gasteiger partial charge in [-0.2, -0.15) is 0 Å². The molecule has 2 aromatic rings. The quantitative estimate of drug-likeness (QED) is 0.806. The minimum Gasteiger partial charge on any atom is -0.307 e. The molecule has 0 atom stereocenters. The van der Waals surface area contributed by atoms with Crippen molar-refractivity contribution in [2.45, 2.75) is 52.6 Å². The molecule has 0 aliphatic heterocycles. The van der Waals surface area contributed by atoms with Gasteiger partial charge in [0.2, 0.25) is 0 Å². The first kappa shape index (κ1) is 16.5. The van der Waals surface area contributed by atoms with Crippen LogP contribution in [0.25, 0.3) is 10.6 Å². The summed E-state index contributed by atoms with van der Waals surface area (Å²) in [5.41, 5.74) is 2.39. The van der Waals surface area contributed by atoms with Crippen LogP contribution in [0.15, 0.2) is 24.3 Å². The van der Waals surface area contributed by atoms with E-state index in [1.807, 2.05) is 18.2 Å². The Morgan fingerprint density at radius 1 is 1.29 bits per heavy atom. The second kappa shape index (κ2) is 6.47. The third-order valence-electron chi connectivity index (χ3n) is 3.13. The summed E-state index contributed by atoms with van der Waals surface area (Å²) in [4.78, 5) is 6.16. The molecule has 0 aliphatic rings. The maximum Gasteiger partial charge on any atom is 0.123 e. The Morgan fingerprint density at radius 3 is 2.57 bits per heavy atom. The van der Waals surface area contributed by atoms with Crippen LogP contribution in [-0.4, -0.2) is 10.5 Å². The van der Waals surface area contributed by atoms with Crippen molar-refractivity contribution in [1.29, 1.82) is 0 Å². The molecule has 2 nitrogen and oxygen atoms in total. The van der Waals surface area contributed by atoms with Crippen molar-refractivity contribution < 1.29 is 0 Å². The van der Waals surface area contributed by atoms with E-state index >= 15 is 0 Å². The summed E-state index contributed by atoms with van der Waals surface area (Å²) in [5, 5.41) is 5.35. The molecule has 1 N–H and O–H groups in total. The molecule has 1 heterocycles. The van der Waals surface area contributed by atoms with E-state index in [2.05, 4.69) is 46.0 Å². The molecule has 0 aliphatic carbocycles. The third-order valence-corrected chi connectivity index (χ3v) is 4.48. The average Bonchev–Trinajstić information content (AvgIpc) is 2.80. The van der Waals surface area contributed by atoms with Gasteiger partial charge in [-0.05, 0) is 38.8 Å². The zero-order chi connectivity index (χ0) is 15.6. The van der Waals surface area contributed by atoms with Crippen LogP contribution < -0.4 is 5.32 Å². The molecule has 21 heavy (non-hydrogen) atoms. The standard InChI is InChI=1S/C17H23ClN2S/c1-11(2)15-14(10-19-17(3,4)5)21-16(20-15)12-7-6-8-13(18)9-12/h6-9,11,19H,10H2,1-5H3. The normalized spacial score (nSPS) is 12.1. The highest BCUT2D eigenvalue weighted by molar-refractivity contribution is 7.15. The number of halogens is 1. The first-order chi connectivity index (χ1) is 9.76. The SMILES string of the molecule is CC(C)c1nc(-c2cccc(Cl)c2)sc1CNC(C)(C)C. The molecule has 2 rings (SSSR count). The van der Waals surface area contributed by atoms with E-state index in [4.69, 9.17) is 16.6 Å². The van der Waals surface area contributed by atoms with Gasteiger partial charge >= 0.3 is 0 Å². The van der Waals surface area contributed by atoms with Gasteiger partial charge in [0.1, 0.15) is 5.01 Å². The highest BCUT2D eigenvalue weighted by Gasteiger charge is 2.17. The number of hydrogen-bond donors (Lipinski definition) is 1. The van der Waals surface area contributed by atoms with E-state index in [1.165, 1.54) is 10.6 Å². The fourth-order valence-corrected chi connectivity index (χ4v) is 3.37. The maximum atomic E-state index is 6.09. The summed E-state index contributed by atoms with van der Waals surface area (Å²) >= 11 is 7.85. The largest absolute Gasteiger partial charge is 0.307 e. The predicted octanol–water partition coefficient (Wildman–Crippen LogP) is 5.48. The number of nitrogens with one attached hydrogen (secondary N) is 1. The van der Waals surface area contributed by atoms with Crippen molar-refractivity contribution in [3.05, 3.63) is 39.9 Å². The van der Waals surface area contributed by atoms with E-state index in [-0.39, 0.29) is 5.54 Å². The number of thiazole rings is 1. The van der Waals surface area contributed by atoms with Crippen molar-refractivity contribution in [2.24, 2.45) is 0 Å². The van der Waals surface area contributed by atoms with Crippen LogP contribution in [0.2, 0.25) is 5.02 Å². The molecule has 0 saturated heterocycles. The van der Waals surface area contributed by atoms with Crippen LogP contribution in [0.3, 0.4) is 0 Å². The molecule has 0 amide bonds. The minimum absolute atomic E-state index is 0.106. The summed E-state index contributed by atoms with van der Waals surface area (Å²) < 4.78 is 0. The molecule has 0 fully saturated rings. The van der Waals surface area contributed by atoms with Gasteiger partial charge in [-0.15, -0.1) is 11.3 Å². The Labute approximate surface area is 136 Å². The number of hydrogen-bond acceptors (Lipinski definition) is 3. The van der Waals surface area contributed by atoms with E-state index in [9.17, 15) is 0 Å². The summed E-state index contributed by atoms with van der Waals surface area (Å²) in [5.74, 6) is 0.422. The van der Waals surface area contributed by atoms with Gasteiger partial charge in [0.05, 0.1) is 5.69 Å². The number of nitrogens with zero attached hydrogens (tertiary/aromatic N) is 1. The smallest absolute Gasteiger partial charge is 0.123 e. The fourth-order valence-electron chi connectivity index (χ4n) is 2.03. The van der Waals surface area contributed by atoms with Crippen LogP contribution in [-0.2, 0) is 6.54 Å². The van der Waals surface area contributed by atoms with Crippen LogP contribution in [0, 0.1) is 0 Å². The third kappa shape index (κ3) is 4.53. The van der Waals surface area contributed by atoms with E-state index in [0.29, 0.717) is 5.92 Å². The van der Waals surface area contributed by atoms with Gasteiger partial charge in [-0.25, -0.2) is 4.98 Å². The number of aromatic nitrogens is 1. The molecule has 0 bridgehead atoms. The van der Waals surface area contributed by atoms with Gasteiger partial charge in [-0.1, -0.05) is 37.6 Å². The molecule has 0 saturated carbocycles. The van der Waals surface area contributed by atoms with Crippen molar-refractivity contribution in [3.63, 3.8) is 0 Å². The Hall–Kier alpha value is -0.900. The van der Waals surface area contributed by atoms with E-state index in [1.54, 1.807) is 11.3 Å². The predicted molar refractivity (Wildman–Crippen MR) is 93.2 cm³/mol. The van der Waals surface area contributed by atoms with E-state index in [0.717, 1.165) is 22.1 Å². The highest BCUT2D eigenvalue weighted by Crippen LogP contribution is 2.33. The van der Waals surface area contributed by atoms with Gasteiger partial charge in [0.15, 0.2) is 0 Å². The molecule has 0 radical (unpaired) electrons. The van der Waals surface area contributed by atoms with Crippen LogP contribution in [0.5, 0.6) is 0 Å². The van der Waals surface area contributed by atoms with Crippen molar-refractivity contribution in [2.75, 3.05) is 0 Å². The Morgan fingerprint density at radius 2 is 2.00 bits per heavy atom. The zero-order valence-electron chi connectivity index (χ0n) is 13.3. The van der Waals surface area contributed by atoms with Gasteiger partial charge in [0.25, 0.3) is 0 Å². The Kier molecular flexibility index (Phi) is 5.07. The van der Waals surface area contributed by atoms with Crippen molar-refractivity contribution >= 4 is 22.9 Å². The molecule has 4 heteroatoms. The lowest BCUT2D eigenvalue weighted by molar-refractivity contribution is 0.425. The Bertz CT molecular complexity index is 611. The van der Waals surface area contributed by atoms with Crippen LogP contribution in [0.4, 0.5) is 0 Å². The second-order valence-electron chi connectivity index (χ2n) is 6.60. The monoisotopic (exact) mass is 322 g/mol. The summed E-state index contributed by atoms with van der Waals surface area (Å²) in [6.45, 7) is 11.8. The lowest BCUT2D eigenvalue weighted by atomic mass is 10.1. The summed E-state index contributed by atoms with van der Waals surface area (Å²) in [6.07, 6.45) is 0. The second-order valence-corrected chi connectivity index (χ2v) is 8.12. The molecule has 1 aromatic heterocycles. The molecule has 114 valence electrons. The average molecular weight is 323 g/mol. The van der Waals surface area contributed by atoms with Gasteiger partial charge in [0, 0.05) is 27.5 Å². The summed E-state index contributed by atoms with van der Waals surface area (Å²) in [7, 11) is 0. The van der Waals surface area contributed by atoms with E-state index < -0.39 is 0 Å². The molecule has 0 unspecified atom stereocenters. The topological polar surface area (TPSA) is 24.9 Å². The Balaban J connectivity index is 2.33. The molecule has 0 spiro atoms. The first-order valence-corrected chi connectivity index (χ1v) is 8.46. The zero-order valence-corrected chi connectivity index (χ0v) is 14.9. The van der Waals surface area contributed by atoms with Crippen molar-refractivity contribution in [3.8, 4) is 10.6 Å². The number of benzene rings is 1. The minimum atomic E-state index is 0.106. The van der Waals surface area contributed by atoms with Crippen LogP contribution in [0.1, 0.15) is 51.1 Å². The lowest BCUT2D eigenvalue weighted by Crippen LogP contribution is -2.35. The van der Waals surface area contributed by atoms with Crippen LogP contribution >= 0.6 is 22.9 Å². The number of rotatable bonds is 4. The van der Waals surface area contributed by atoms with Gasteiger partial charge in [-0.3, -0.25) is 0 Å². The fraction of sp³-hybridized carbons (Fsp3) is 0.471. The maximum absolute atomic E-state index is 6.09.